The average Bonchev–Trinajstić information content (AvgIpc) is 3.10. The SMILES string of the molecule is CC[C@H](C)[C@@H]([C@@H](CC(=O)O)OC)N(C)C(=O)OCC1c2ccccc2-c2ccccc21. The van der Waals surface area contributed by atoms with Crippen LogP contribution in [0.2, 0.25) is 0 Å². The number of fused-ring (bicyclic) bond motifs is 3. The number of carbonyl (C=O) groups is 2. The Hall–Kier alpha value is -2.86. The van der Waals surface area contributed by atoms with Gasteiger partial charge in [0, 0.05) is 20.1 Å². The van der Waals surface area contributed by atoms with Gasteiger partial charge in [-0.3, -0.25) is 4.79 Å². The smallest absolute Gasteiger partial charge is 0.409 e. The molecule has 0 unspecified atom stereocenters. The van der Waals surface area contributed by atoms with Gasteiger partial charge in [-0.1, -0.05) is 68.8 Å². The predicted molar refractivity (Wildman–Crippen MR) is 119 cm³/mol. The Bertz CT molecular complexity index is 882. The van der Waals surface area contributed by atoms with E-state index in [-0.39, 0.29) is 24.9 Å². The average molecular weight is 426 g/mol. The zero-order valence-corrected chi connectivity index (χ0v) is 18.6. The number of amides is 1. The normalized spacial score (nSPS) is 15.5. The Morgan fingerprint density at radius 3 is 2.10 bits per heavy atom. The van der Waals surface area contributed by atoms with E-state index in [1.165, 1.54) is 23.1 Å². The molecule has 0 aromatic heterocycles. The summed E-state index contributed by atoms with van der Waals surface area (Å²) in [5, 5.41) is 9.26. The maximum atomic E-state index is 13.0. The second kappa shape index (κ2) is 9.96. The fourth-order valence-corrected chi connectivity index (χ4v) is 4.57. The van der Waals surface area contributed by atoms with Crippen LogP contribution in [0.3, 0.4) is 0 Å². The van der Waals surface area contributed by atoms with Crippen molar-refractivity contribution in [1.29, 1.82) is 0 Å². The van der Waals surface area contributed by atoms with Gasteiger partial charge in [0.25, 0.3) is 0 Å². The highest BCUT2D eigenvalue weighted by Gasteiger charge is 2.35. The molecule has 6 heteroatoms. The van der Waals surface area contributed by atoms with Gasteiger partial charge in [0.15, 0.2) is 0 Å². The maximum Gasteiger partial charge on any atom is 0.409 e. The molecule has 3 atom stereocenters. The van der Waals surface area contributed by atoms with Gasteiger partial charge in [0.2, 0.25) is 0 Å². The van der Waals surface area contributed by atoms with Crippen molar-refractivity contribution in [3.63, 3.8) is 0 Å². The Morgan fingerprint density at radius 1 is 1.06 bits per heavy atom. The van der Waals surface area contributed by atoms with E-state index in [0.29, 0.717) is 0 Å². The van der Waals surface area contributed by atoms with Gasteiger partial charge >= 0.3 is 12.1 Å². The van der Waals surface area contributed by atoms with Gasteiger partial charge in [-0.05, 0) is 28.2 Å². The molecule has 6 nitrogen and oxygen atoms in total. The lowest BCUT2D eigenvalue weighted by Gasteiger charge is -2.36. The molecule has 2 aromatic rings. The molecule has 0 saturated heterocycles. The highest BCUT2D eigenvalue weighted by Crippen LogP contribution is 2.44. The van der Waals surface area contributed by atoms with Crippen LogP contribution in [0, 0.1) is 5.92 Å². The number of hydrogen-bond donors (Lipinski definition) is 1. The lowest BCUT2D eigenvalue weighted by molar-refractivity contribution is -0.141. The first-order valence-electron chi connectivity index (χ1n) is 10.7. The molecule has 1 aliphatic rings. The number of ether oxygens (including phenoxy) is 2. The number of carboxylic acids is 1. The van der Waals surface area contributed by atoms with Crippen molar-refractivity contribution >= 4 is 12.1 Å². The standard InChI is InChI=1S/C25H31NO5/c1-5-16(2)24(22(30-4)14-23(27)28)26(3)25(29)31-15-21-19-12-8-6-10-17(19)18-11-7-9-13-20(18)21/h6-13,16,21-22,24H,5,14-15H2,1-4H3,(H,27,28)/t16-,22+,24-/m0/s1. The lowest BCUT2D eigenvalue weighted by atomic mass is 9.91. The summed E-state index contributed by atoms with van der Waals surface area (Å²) in [6, 6.07) is 16.0. The molecule has 31 heavy (non-hydrogen) atoms. The monoisotopic (exact) mass is 425 g/mol. The third kappa shape index (κ3) is 4.74. The van der Waals surface area contributed by atoms with Gasteiger partial charge in [0.05, 0.1) is 18.6 Å². The number of methoxy groups -OCH3 is 1. The molecule has 0 bridgehead atoms. The summed E-state index contributed by atoms with van der Waals surface area (Å²) in [6.45, 7) is 4.23. The largest absolute Gasteiger partial charge is 0.481 e. The minimum Gasteiger partial charge on any atom is -0.481 e. The van der Waals surface area contributed by atoms with Crippen LogP contribution in [0.1, 0.15) is 43.7 Å². The van der Waals surface area contributed by atoms with Gasteiger partial charge < -0.3 is 19.5 Å². The highest BCUT2D eigenvalue weighted by molar-refractivity contribution is 5.79. The fraction of sp³-hybridized carbons (Fsp3) is 0.440. The van der Waals surface area contributed by atoms with E-state index in [9.17, 15) is 14.7 Å². The first-order valence-corrected chi connectivity index (χ1v) is 10.7. The summed E-state index contributed by atoms with van der Waals surface area (Å²) in [4.78, 5) is 25.8. The highest BCUT2D eigenvalue weighted by atomic mass is 16.6. The van der Waals surface area contributed by atoms with E-state index < -0.39 is 24.2 Å². The van der Waals surface area contributed by atoms with Gasteiger partial charge in [-0.15, -0.1) is 0 Å². The Labute approximate surface area is 183 Å². The summed E-state index contributed by atoms with van der Waals surface area (Å²) in [5.41, 5.74) is 4.65. The zero-order valence-electron chi connectivity index (χ0n) is 18.6. The molecular formula is C25H31NO5. The second-order valence-electron chi connectivity index (χ2n) is 8.16. The topological polar surface area (TPSA) is 76.1 Å². The summed E-state index contributed by atoms with van der Waals surface area (Å²) in [5.74, 6) is -0.931. The number of carbonyl (C=O) groups excluding carboxylic acids is 1. The fourth-order valence-electron chi connectivity index (χ4n) is 4.57. The minimum atomic E-state index is -0.957. The van der Waals surface area contributed by atoms with Crippen molar-refractivity contribution in [2.24, 2.45) is 5.92 Å². The Morgan fingerprint density at radius 2 is 1.61 bits per heavy atom. The van der Waals surface area contributed by atoms with Crippen molar-refractivity contribution in [3.05, 3.63) is 59.7 Å². The quantitative estimate of drug-likeness (QED) is 0.626. The van der Waals surface area contributed by atoms with E-state index in [1.54, 1.807) is 7.05 Å². The van der Waals surface area contributed by atoms with Crippen LogP contribution in [0.25, 0.3) is 11.1 Å². The third-order valence-electron chi connectivity index (χ3n) is 6.36. The molecule has 3 rings (SSSR count). The first-order chi connectivity index (χ1) is 14.9. The summed E-state index contributed by atoms with van der Waals surface area (Å²) in [7, 11) is 3.14. The molecule has 1 amide bonds. The molecule has 166 valence electrons. The molecule has 0 saturated carbocycles. The van der Waals surface area contributed by atoms with Crippen molar-refractivity contribution in [2.45, 2.75) is 44.8 Å². The van der Waals surface area contributed by atoms with Gasteiger partial charge in [-0.25, -0.2) is 4.79 Å². The molecule has 0 fully saturated rings. The van der Waals surface area contributed by atoms with Crippen LogP contribution < -0.4 is 0 Å². The van der Waals surface area contributed by atoms with Crippen molar-refractivity contribution < 1.29 is 24.2 Å². The molecule has 1 N–H and O–H groups in total. The van der Waals surface area contributed by atoms with Crippen molar-refractivity contribution in [3.8, 4) is 11.1 Å². The van der Waals surface area contributed by atoms with Crippen LogP contribution in [-0.2, 0) is 14.3 Å². The Balaban J connectivity index is 1.77. The van der Waals surface area contributed by atoms with E-state index >= 15 is 0 Å². The number of aliphatic carboxylic acids is 1. The van der Waals surface area contributed by atoms with E-state index in [0.717, 1.165) is 17.5 Å². The molecule has 2 aromatic carbocycles. The molecule has 0 radical (unpaired) electrons. The lowest BCUT2D eigenvalue weighted by Crippen LogP contribution is -2.50. The third-order valence-corrected chi connectivity index (χ3v) is 6.36. The molecule has 1 aliphatic carbocycles. The number of carboxylic acid groups (broad SMARTS) is 1. The minimum absolute atomic E-state index is 0.0240. The second-order valence-corrected chi connectivity index (χ2v) is 8.16. The number of rotatable bonds is 9. The van der Waals surface area contributed by atoms with Gasteiger partial charge in [-0.2, -0.15) is 0 Å². The number of hydrogen-bond acceptors (Lipinski definition) is 4. The molecule has 0 spiro atoms. The summed E-state index contributed by atoms with van der Waals surface area (Å²) >= 11 is 0. The Kier molecular flexibility index (Phi) is 7.33. The zero-order chi connectivity index (χ0) is 22.5. The van der Waals surface area contributed by atoms with Crippen LogP contribution in [-0.4, -0.2) is 55.0 Å². The number of nitrogens with zero attached hydrogens (tertiary/aromatic N) is 1. The van der Waals surface area contributed by atoms with Crippen LogP contribution >= 0.6 is 0 Å². The number of benzene rings is 2. The van der Waals surface area contributed by atoms with E-state index in [2.05, 4.69) is 24.3 Å². The van der Waals surface area contributed by atoms with Gasteiger partial charge in [0.1, 0.15) is 6.61 Å². The molecule has 0 aliphatic heterocycles. The van der Waals surface area contributed by atoms with Crippen LogP contribution in [0.4, 0.5) is 4.79 Å². The number of likely N-dealkylation sites (N-methyl/N-ethyl adjacent to an activating group) is 1. The maximum absolute atomic E-state index is 13.0. The van der Waals surface area contributed by atoms with Crippen molar-refractivity contribution in [1.82, 2.24) is 4.90 Å². The first kappa shape index (κ1) is 22.8. The predicted octanol–water partition coefficient (Wildman–Crippen LogP) is 4.77. The molecule has 0 heterocycles. The summed E-state index contributed by atoms with van der Waals surface area (Å²) < 4.78 is 11.2. The summed E-state index contributed by atoms with van der Waals surface area (Å²) in [6.07, 6.45) is -0.477. The molecular weight excluding hydrogens is 394 g/mol. The van der Waals surface area contributed by atoms with Crippen molar-refractivity contribution in [2.75, 3.05) is 20.8 Å². The van der Waals surface area contributed by atoms with E-state index in [4.69, 9.17) is 9.47 Å². The van der Waals surface area contributed by atoms with Crippen LogP contribution in [0.5, 0.6) is 0 Å². The van der Waals surface area contributed by atoms with Crippen LogP contribution in [0.15, 0.2) is 48.5 Å². The van der Waals surface area contributed by atoms with E-state index in [1.807, 2.05) is 38.1 Å².